The average molecular weight is 379 g/mol. The summed E-state index contributed by atoms with van der Waals surface area (Å²) in [5.74, 6) is 0. The van der Waals surface area contributed by atoms with Gasteiger partial charge in [-0.2, -0.15) is 0 Å². The highest BCUT2D eigenvalue weighted by molar-refractivity contribution is 7.18. The fraction of sp³-hybridized carbons (Fsp3) is 0. The first-order valence-corrected chi connectivity index (χ1v) is 8.17. The maximum atomic E-state index is 10.8. The average Bonchev–Trinajstić information content (AvgIpc) is 3.03. The molecule has 0 spiro atoms. The number of halogens is 2. The maximum Gasteiger partial charge on any atom is 0.270 e. The van der Waals surface area contributed by atoms with Crippen LogP contribution in [-0.2, 0) is 0 Å². The summed E-state index contributed by atoms with van der Waals surface area (Å²) >= 11 is 13.1. The van der Waals surface area contributed by atoms with E-state index in [-0.39, 0.29) is 5.69 Å². The van der Waals surface area contributed by atoms with Crippen LogP contribution in [0.2, 0.25) is 10.0 Å². The van der Waals surface area contributed by atoms with E-state index in [4.69, 9.17) is 23.2 Å². The third-order valence-electron chi connectivity index (χ3n) is 2.99. The van der Waals surface area contributed by atoms with Crippen LogP contribution in [0, 0.1) is 10.1 Å². The number of benzene rings is 2. The molecule has 9 heteroatoms. The molecule has 0 aliphatic rings. The van der Waals surface area contributed by atoms with Gasteiger partial charge in [0.2, 0.25) is 5.13 Å². The van der Waals surface area contributed by atoms with Crippen molar-refractivity contribution in [3.8, 4) is 10.6 Å². The van der Waals surface area contributed by atoms with Crippen LogP contribution < -0.4 is 0 Å². The molecule has 0 saturated carbocycles. The molecule has 1 aromatic heterocycles. The Balaban J connectivity index is 1.84. The van der Waals surface area contributed by atoms with Gasteiger partial charge in [-0.3, -0.25) is 10.1 Å². The van der Waals surface area contributed by atoms with Gasteiger partial charge in [0.15, 0.2) is 0 Å². The Labute approximate surface area is 150 Å². The Morgan fingerprint density at radius 2 is 2.00 bits per heavy atom. The molecule has 0 aliphatic carbocycles. The summed E-state index contributed by atoms with van der Waals surface area (Å²) in [5.41, 5.74) is 1.32. The van der Waals surface area contributed by atoms with E-state index in [0.29, 0.717) is 31.3 Å². The van der Waals surface area contributed by atoms with Gasteiger partial charge in [-0.25, -0.2) is 4.99 Å². The molecular formula is C15H8Cl2N4O2S. The minimum Gasteiger partial charge on any atom is -0.258 e. The molecule has 0 unspecified atom stereocenters. The monoisotopic (exact) mass is 378 g/mol. The van der Waals surface area contributed by atoms with E-state index in [9.17, 15) is 10.1 Å². The van der Waals surface area contributed by atoms with Crippen molar-refractivity contribution in [2.24, 2.45) is 4.99 Å². The first-order valence-electron chi connectivity index (χ1n) is 6.60. The van der Waals surface area contributed by atoms with Crippen LogP contribution in [0.25, 0.3) is 10.6 Å². The quantitative estimate of drug-likeness (QED) is 0.356. The predicted octanol–water partition coefficient (Wildman–Crippen LogP) is 5.17. The van der Waals surface area contributed by atoms with Gasteiger partial charge in [0.25, 0.3) is 5.69 Å². The molecule has 3 aromatic rings. The van der Waals surface area contributed by atoms with E-state index >= 15 is 0 Å². The molecule has 0 fully saturated rings. The lowest BCUT2D eigenvalue weighted by Gasteiger charge is -1.97. The second kappa shape index (κ2) is 7.04. The van der Waals surface area contributed by atoms with Crippen molar-refractivity contribution >= 4 is 51.6 Å². The first kappa shape index (κ1) is 16.5. The number of nitrogens with zero attached hydrogens (tertiary/aromatic N) is 4. The van der Waals surface area contributed by atoms with Crippen LogP contribution in [0.5, 0.6) is 0 Å². The van der Waals surface area contributed by atoms with Crippen molar-refractivity contribution in [2.45, 2.75) is 0 Å². The molecule has 3 rings (SSSR count). The van der Waals surface area contributed by atoms with Gasteiger partial charge in [0.1, 0.15) is 5.01 Å². The molecule has 0 N–H and O–H groups in total. The van der Waals surface area contributed by atoms with Crippen LogP contribution in [0.1, 0.15) is 5.56 Å². The molecule has 1 heterocycles. The number of nitro groups is 1. The Hall–Kier alpha value is -2.35. The summed E-state index contributed by atoms with van der Waals surface area (Å²) in [4.78, 5) is 14.6. The number of rotatable bonds is 4. The highest BCUT2D eigenvalue weighted by atomic mass is 35.5. The van der Waals surface area contributed by atoms with Crippen molar-refractivity contribution < 1.29 is 4.92 Å². The van der Waals surface area contributed by atoms with E-state index in [1.165, 1.54) is 23.5 Å². The lowest BCUT2D eigenvalue weighted by atomic mass is 10.2. The molecule has 0 radical (unpaired) electrons. The van der Waals surface area contributed by atoms with E-state index in [2.05, 4.69) is 15.2 Å². The summed E-state index contributed by atoms with van der Waals surface area (Å²) in [5, 5.41) is 20.8. The molecule has 0 aliphatic heterocycles. The summed E-state index contributed by atoms with van der Waals surface area (Å²) in [6, 6.07) is 11.3. The summed E-state index contributed by atoms with van der Waals surface area (Å²) < 4.78 is 0. The SMILES string of the molecule is O=[N+]([O-])c1cccc(-c2nnc(N=Cc3ccc(Cl)cc3Cl)s2)c1. The highest BCUT2D eigenvalue weighted by Gasteiger charge is 2.11. The molecule has 6 nitrogen and oxygen atoms in total. The third-order valence-corrected chi connectivity index (χ3v) is 4.44. The fourth-order valence-electron chi connectivity index (χ4n) is 1.87. The zero-order chi connectivity index (χ0) is 17.1. The lowest BCUT2D eigenvalue weighted by Crippen LogP contribution is -1.87. The second-order valence-corrected chi connectivity index (χ2v) is 6.42. The second-order valence-electron chi connectivity index (χ2n) is 4.62. The normalized spacial score (nSPS) is 11.1. The number of hydrogen-bond donors (Lipinski definition) is 0. The molecule has 2 aromatic carbocycles. The predicted molar refractivity (Wildman–Crippen MR) is 95.7 cm³/mol. The van der Waals surface area contributed by atoms with Gasteiger partial charge < -0.3 is 0 Å². The van der Waals surface area contributed by atoms with Crippen LogP contribution in [0.3, 0.4) is 0 Å². The number of non-ortho nitro benzene ring substituents is 1. The molecule has 120 valence electrons. The van der Waals surface area contributed by atoms with Crippen LogP contribution in [0.4, 0.5) is 10.8 Å². The number of aliphatic imine (C=N–C) groups is 1. The Morgan fingerprint density at radius 3 is 2.75 bits per heavy atom. The first-order chi connectivity index (χ1) is 11.5. The molecule has 0 amide bonds. The van der Waals surface area contributed by atoms with Crippen molar-refractivity contribution in [1.29, 1.82) is 0 Å². The zero-order valence-electron chi connectivity index (χ0n) is 11.9. The maximum absolute atomic E-state index is 10.8. The standard InChI is InChI=1S/C15H8Cl2N4O2S/c16-11-5-4-10(13(17)7-11)8-18-15-20-19-14(24-15)9-2-1-3-12(6-9)21(22)23/h1-8H. The van der Waals surface area contributed by atoms with Crippen molar-refractivity contribution in [3.63, 3.8) is 0 Å². The minimum atomic E-state index is -0.452. The number of aromatic nitrogens is 2. The van der Waals surface area contributed by atoms with Crippen LogP contribution in [-0.4, -0.2) is 21.3 Å². The van der Waals surface area contributed by atoms with Gasteiger partial charge >= 0.3 is 0 Å². The Morgan fingerprint density at radius 1 is 1.17 bits per heavy atom. The van der Waals surface area contributed by atoms with Gasteiger partial charge in [-0.05, 0) is 12.1 Å². The summed E-state index contributed by atoms with van der Waals surface area (Å²) in [6.07, 6.45) is 1.57. The lowest BCUT2D eigenvalue weighted by molar-refractivity contribution is -0.384. The van der Waals surface area contributed by atoms with Crippen molar-refractivity contribution in [2.75, 3.05) is 0 Å². The van der Waals surface area contributed by atoms with Crippen LogP contribution in [0.15, 0.2) is 47.5 Å². The van der Waals surface area contributed by atoms with E-state index in [0.717, 1.165) is 0 Å². The number of hydrogen-bond acceptors (Lipinski definition) is 6. The van der Waals surface area contributed by atoms with E-state index in [1.807, 2.05) is 0 Å². The van der Waals surface area contributed by atoms with E-state index < -0.39 is 4.92 Å². The van der Waals surface area contributed by atoms with Gasteiger partial charge in [-0.15, -0.1) is 10.2 Å². The smallest absolute Gasteiger partial charge is 0.258 e. The third kappa shape index (κ3) is 3.76. The van der Waals surface area contributed by atoms with E-state index in [1.54, 1.807) is 36.5 Å². The largest absolute Gasteiger partial charge is 0.270 e. The van der Waals surface area contributed by atoms with Crippen molar-refractivity contribution in [3.05, 3.63) is 68.2 Å². The Bertz CT molecular complexity index is 943. The fourth-order valence-corrected chi connectivity index (χ4v) is 3.01. The van der Waals surface area contributed by atoms with Crippen molar-refractivity contribution in [1.82, 2.24) is 10.2 Å². The topological polar surface area (TPSA) is 81.3 Å². The zero-order valence-corrected chi connectivity index (χ0v) is 14.2. The summed E-state index contributed by atoms with van der Waals surface area (Å²) in [6.45, 7) is 0. The van der Waals surface area contributed by atoms with Gasteiger partial charge in [-0.1, -0.05) is 52.7 Å². The van der Waals surface area contributed by atoms with Gasteiger partial charge in [0.05, 0.1) is 9.95 Å². The summed E-state index contributed by atoms with van der Waals surface area (Å²) in [7, 11) is 0. The van der Waals surface area contributed by atoms with Gasteiger partial charge in [0, 0.05) is 34.5 Å². The Kier molecular flexibility index (Phi) is 4.84. The molecular weight excluding hydrogens is 371 g/mol. The molecule has 24 heavy (non-hydrogen) atoms. The molecule has 0 atom stereocenters. The molecule has 0 saturated heterocycles. The highest BCUT2D eigenvalue weighted by Crippen LogP contribution is 2.30. The van der Waals surface area contributed by atoms with Crippen LogP contribution >= 0.6 is 34.5 Å². The minimum absolute atomic E-state index is 0.000646. The molecule has 0 bridgehead atoms. The number of nitro benzene ring substituents is 1.